The molecule has 0 saturated carbocycles. The first kappa shape index (κ1) is 17.1. The van der Waals surface area contributed by atoms with Gasteiger partial charge in [-0.15, -0.1) is 0 Å². The molecule has 1 heterocycles. The molecule has 2 rings (SSSR count). The fourth-order valence-corrected chi connectivity index (χ4v) is 4.54. The molecule has 7 nitrogen and oxygen atoms in total. The van der Waals surface area contributed by atoms with Gasteiger partial charge < -0.3 is 4.74 Å². The average Bonchev–Trinajstić information content (AvgIpc) is 2.35. The van der Waals surface area contributed by atoms with E-state index in [4.69, 9.17) is 16.3 Å². The predicted octanol–water partition coefficient (Wildman–Crippen LogP) is 2.44. The van der Waals surface area contributed by atoms with Crippen molar-refractivity contribution in [3.8, 4) is 0 Å². The van der Waals surface area contributed by atoms with Gasteiger partial charge in [0.2, 0.25) is 10.0 Å². The van der Waals surface area contributed by atoms with Crippen molar-refractivity contribution in [1.82, 2.24) is 4.31 Å². The number of rotatable bonds is 3. The smallest absolute Gasteiger partial charge is 0.290 e. The van der Waals surface area contributed by atoms with E-state index in [0.717, 1.165) is 6.07 Å². The molecule has 9 heteroatoms. The van der Waals surface area contributed by atoms with Gasteiger partial charge >= 0.3 is 0 Å². The molecule has 1 saturated heterocycles. The Labute approximate surface area is 134 Å². The first-order valence-corrected chi connectivity index (χ1v) is 8.47. The molecule has 22 heavy (non-hydrogen) atoms. The first-order chi connectivity index (χ1) is 10.0. The molecule has 1 aromatic carbocycles. The molecular formula is C13H17ClN2O5S. The van der Waals surface area contributed by atoms with Crippen LogP contribution in [0.2, 0.25) is 5.02 Å². The minimum absolute atomic E-state index is 0.112. The number of morpholine rings is 1. The van der Waals surface area contributed by atoms with Crippen LogP contribution in [0.1, 0.15) is 20.8 Å². The number of nitrogens with zero attached hydrogens (tertiary/aromatic N) is 2. The molecule has 0 spiro atoms. The van der Waals surface area contributed by atoms with E-state index in [-0.39, 0.29) is 29.1 Å². The van der Waals surface area contributed by atoms with Crippen LogP contribution < -0.4 is 0 Å². The van der Waals surface area contributed by atoms with Gasteiger partial charge in [0.1, 0.15) is 0 Å². The van der Waals surface area contributed by atoms with Crippen molar-refractivity contribution in [2.24, 2.45) is 0 Å². The second-order valence-electron chi connectivity index (χ2n) is 5.85. The number of hydrogen-bond donors (Lipinski definition) is 0. The highest BCUT2D eigenvalue weighted by atomic mass is 35.5. The summed E-state index contributed by atoms with van der Waals surface area (Å²) < 4.78 is 32.5. The minimum atomic E-state index is -4.01. The predicted molar refractivity (Wildman–Crippen MR) is 81.5 cm³/mol. The maximum absolute atomic E-state index is 12.8. The van der Waals surface area contributed by atoms with E-state index in [1.165, 1.54) is 16.4 Å². The average molecular weight is 349 g/mol. The molecule has 1 atom stereocenters. The standard InChI is InChI=1S/C13H17ClN2O5S/c1-9-7-15(8-13(2,3)21-9)22(19,20)12-5-4-10(14)6-11(12)16(17)18/h4-6,9H,7-8H2,1-3H3. The number of ether oxygens (including phenoxy) is 1. The third-order valence-electron chi connectivity index (χ3n) is 3.27. The maximum Gasteiger partial charge on any atom is 0.290 e. The van der Waals surface area contributed by atoms with Gasteiger partial charge in [0.05, 0.1) is 16.6 Å². The Morgan fingerprint density at radius 3 is 2.64 bits per heavy atom. The summed E-state index contributed by atoms with van der Waals surface area (Å²) in [5, 5.41) is 11.2. The molecule has 0 bridgehead atoms. The molecule has 0 N–H and O–H groups in total. The third-order valence-corrected chi connectivity index (χ3v) is 5.37. The van der Waals surface area contributed by atoms with Gasteiger partial charge in [0.15, 0.2) is 4.90 Å². The summed E-state index contributed by atoms with van der Waals surface area (Å²) in [7, 11) is -4.01. The van der Waals surface area contributed by atoms with Crippen LogP contribution in [0.5, 0.6) is 0 Å². The van der Waals surface area contributed by atoms with Crippen molar-refractivity contribution in [1.29, 1.82) is 0 Å². The lowest BCUT2D eigenvalue weighted by molar-refractivity contribution is -0.387. The molecule has 1 aliphatic heterocycles. The van der Waals surface area contributed by atoms with E-state index in [0.29, 0.717) is 0 Å². The fraction of sp³-hybridized carbons (Fsp3) is 0.538. The van der Waals surface area contributed by atoms with Crippen molar-refractivity contribution in [2.45, 2.75) is 37.4 Å². The molecule has 1 unspecified atom stereocenters. The van der Waals surface area contributed by atoms with Crippen molar-refractivity contribution < 1.29 is 18.1 Å². The molecule has 0 amide bonds. The number of nitro benzene ring substituents is 1. The van der Waals surface area contributed by atoms with Crippen LogP contribution in [0.15, 0.2) is 23.1 Å². The zero-order chi connectivity index (χ0) is 16.7. The second kappa shape index (κ2) is 5.77. The largest absolute Gasteiger partial charge is 0.370 e. The minimum Gasteiger partial charge on any atom is -0.370 e. The van der Waals surface area contributed by atoms with Crippen molar-refractivity contribution in [3.63, 3.8) is 0 Å². The number of halogens is 1. The Balaban J connectivity index is 2.49. The lowest BCUT2D eigenvalue weighted by atomic mass is 10.1. The molecular weight excluding hydrogens is 332 g/mol. The Bertz CT molecular complexity index is 704. The van der Waals surface area contributed by atoms with Gasteiger partial charge in [0.25, 0.3) is 5.69 Å². The summed E-state index contributed by atoms with van der Waals surface area (Å²) in [6.07, 6.45) is -0.301. The Hall–Kier alpha value is -1.22. The van der Waals surface area contributed by atoms with Gasteiger partial charge in [-0.05, 0) is 32.9 Å². The summed E-state index contributed by atoms with van der Waals surface area (Å²) in [6, 6.07) is 3.54. The van der Waals surface area contributed by atoms with E-state index in [1.54, 1.807) is 20.8 Å². The monoisotopic (exact) mass is 348 g/mol. The van der Waals surface area contributed by atoms with Crippen molar-refractivity contribution in [2.75, 3.05) is 13.1 Å². The first-order valence-electron chi connectivity index (χ1n) is 6.65. The fourth-order valence-electron chi connectivity index (χ4n) is 2.57. The van der Waals surface area contributed by atoms with Crippen LogP contribution in [-0.2, 0) is 14.8 Å². The number of hydrogen-bond acceptors (Lipinski definition) is 5. The molecule has 1 aliphatic rings. The highest BCUT2D eigenvalue weighted by Gasteiger charge is 2.40. The van der Waals surface area contributed by atoms with Gasteiger partial charge in [-0.3, -0.25) is 10.1 Å². The van der Waals surface area contributed by atoms with E-state index in [2.05, 4.69) is 0 Å². The van der Waals surface area contributed by atoms with E-state index in [9.17, 15) is 18.5 Å². The van der Waals surface area contributed by atoms with Crippen LogP contribution in [0, 0.1) is 10.1 Å². The summed E-state index contributed by atoms with van der Waals surface area (Å²) in [4.78, 5) is 10.0. The highest BCUT2D eigenvalue weighted by Crippen LogP contribution is 2.32. The SMILES string of the molecule is CC1CN(S(=O)(=O)c2ccc(Cl)cc2[N+](=O)[O-])CC(C)(C)O1. The van der Waals surface area contributed by atoms with E-state index >= 15 is 0 Å². The number of nitro groups is 1. The van der Waals surface area contributed by atoms with Gasteiger partial charge in [-0.1, -0.05) is 11.6 Å². The summed E-state index contributed by atoms with van der Waals surface area (Å²) in [5.74, 6) is 0. The Kier molecular flexibility index (Phi) is 4.49. The van der Waals surface area contributed by atoms with Crippen LogP contribution in [0.25, 0.3) is 0 Å². The lowest BCUT2D eigenvalue weighted by Gasteiger charge is -2.40. The number of benzene rings is 1. The Morgan fingerprint density at radius 1 is 1.45 bits per heavy atom. The molecule has 0 radical (unpaired) electrons. The molecule has 1 aromatic rings. The quantitative estimate of drug-likeness (QED) is 0.618. The van der Waals surface area contributed by atoms with Gasteiger partial charge in [0, 0.05) is 24.2 Å². The topological polar surface area (TPSA) is 89.8 Å². The van der Waals surface area contributed by atoms with Gasteiger partial charge in [-0.2, -0.15) is 4.31 Å². The zero-order valence-electron chi connectivity index (χ0n) is 12.4. The van der Waals surface area contributed by atoms with E-state index in [1.807, 2.05) is 0 Å². The van der Waals surface area contributed by atoms with E-state index < -0.39 is 26.2 Å². The Morgan fingerprint density at radius 2 is 2.09 bits per heavy atom. The molecule has 122 valence electrons. The summed E-state index contributed by atoms with van der Waals surface area (Å²) in [5.41, 5.74) is -1.18. The van der Waals surface area contributed by atoms with Gasteiger partial charge in [-0.25, -0.2) is 8.42 Å². The van der Waals surface area contributed by atoms with Crippen LogP contribution >= 0.6 is 11.6 Å². The van der Waals surface area contributed by atoms with Crippen molar-refractivity contribution >= 4 is 27.3 Å². The van der Waals surface area contributed by atoms with Crippen LogP contribution in [0.4, 0.5) is 5.69 Å². The van der Waals surface area contributed by atoms with Crippen LogP contribution in [0.3, 0.4) is 0 Å². The summed E-state index contributed by atoms with van der Waals surface area (Å²) in [6.45, 7) is 5.59. The summed E-state index contributed by atoms with van der Waals surface area (Å²) >= 11 is 5.73. The van der Waals surface area contributed by atoms with Crippen LogP contribution in [-0.4, -0.2) is 42.4 Å². The third kappa shape index (κ3) is 3.40. The number of sulfonamides is 1. The van der Waals surface area contributed by atoms with Crippen molar-refractivity contribution in [3.05, 3.63) is 33.3 Å². The molecule has 0 aromatic heterocycles. The normalized spacial score (nSPS) is 22.5. The second-order valence-corrected chi connectivity index (χ2v) is 8.20. The molecule has 1 fully saturated rings. The zero-order valence-corrected chi connectivity index (χ0v) is 14.0. The highest BCUT2D eigenvalue weighted by molar-refractivity contribution is 7.89. The molecule has 0 aliphatic carbocycles. The lowest BCUT2D eigenvalue weighted by Crippen LogP contribution is -2.53. The maximum atomic E-state index is 12.8.